The van der Waals surface area contributed by atoms with Crippen LogP contribution in [-0.2, 0) is 10.2 Å². The standard InChI is InChI=1S/C36H30N2O6/c1-42-27-19-23(20-28(43-2)33(27)44-3)31(39)29-30(32(40)22-12-5-4-6-13-22)38-18-17-21-11-7-8-14-24(21)34(38)36(29)25-15-9-10-16-26(25)37-35(36)41/h4-20,29-30,34H,1-3H3,(H,37,41)/t29-,30+,34+,36-/m0/s1. The Hall–Kier alpha value is -5.37. The van der Waals surface area contributed by atoms with E-state index in [1.165, 1.54) is 21.3 Å². The molecule has 0 unspecified atom stereocenters. The molecule has 44 heavy (non-hydrogen) atoms. The van der Waals surface area contributed by atoms with Gasteiger partial charge in [-0.15, -0.1) is 0 Å². The van der Waals surface area contributed by atoms with Crippen LogP contribution in [0, 0.1) is 5.92 Å². The van der Waals surface area contributed by atoms with E-state index in [2.05, 4.69) is 5.32 Å². The van der Waals surface area contributed by atoms with Crippen molar-refractivity contribution >= 4 is 29.2 Å². The van der Waals surface area contributed by atoms with Gasteiger partial charge in [0, 0.05) is 23.0 Å². The largest absolute Gasteiger partial charge is 0.493 e. The molecule has 8 nitrogen and oxygen atoms in total. The summed E-state index contributed by atoms with van der Waals surface area (Å²) in [6, 6.07) is 25.7. The van der Waals surface area contributed by atoms with Gasteiger partial charge >= 0.3 is 0 Å². The molecule has 3 aliphatic heterocycles. The molecule has 0 aliphatic carbocycles. The van der Waals surface area contributed by atoms with Crippen LogP contribution in [0.2, 0.25) is 0 Å². The molecule has 0 aromatic heterocycles. The molecule has 7 rings (SSSR count). The Balaban J connectivity index is 1.54. The van der Waals surface area contributed by atoms with Crippen molar-refractivity contribution in [3.8, 4) is 17.2 Å². The predicted octanol–water partition coefficient (Wildman–Crippen LogP) is 5.69. The molecular formula is C36H30N2O6. The van der Waals surface area contributed by atoms with Gasteiger partial charge in [-0.1, -0.05) is 72.8 Å². The van der Waals surface area contributed by atoms with Crippen molar-refractivity contribution in [1.29, 1.82) is 0 Å². The minimum Gasteiger partial charge on any atom is -0.493 e. The predicted molar refractivity (Wildman–Crippen MR) is 165 cm³/mol. The lowest BCUT2D eigenvalue weighted by Crippen LogP contribution is -2.49. The minimum atomic E-state index is -1.44. The number of carbonyl (C=O) groups is 3. The van der Waals surface area contributed by atoms with E-state index in [4.69, 9.17) is 14.2 Å². The summed E-state index contributed by atoms with van der Waals surface area (Å²) in [5.41, 5.74) is 2.35. The summed E-state index contributed by atoms with van der Waals surface area (Å²) in [5, 5.41) is 3.07. The third-order valence-electron chi connectivity index (χ3n) is 9.13. The molecule has 220 valence electrons. The van der Waals surface area contributed by atoms with Gasteiger partial charge in [0.05, 0.1) is 33.3 Å². The summed E-state index contributed by atoms with van der Waals surface area (Å²) in [4.78, 5) is 46.3. The zero-order chi connectivity index (χ0) is 30.6. The highest BCUT2D eigenvalue weighted by Gasteiger charge is 2.70. The van der Waals surface area contributed by atoms with Crippen LogP contribution in [0.1, 0.15) is 43.4 Å². The minimum absolute atomic E-state index is 0.240. The van der Waals surface area contributed by atoms with Gasteiger partial charge in [0.25, 0.3) is 0 Å². The molecular weight excluding hydrogens is 556 g/mol. The average Bonchev–Trinajstić information content (AvgIpc) is 3.55. The molecule has 1 saturated heterocycles. The summed E-state index contributed by atoms with van der Waals surface area (Å²) in [6.07, 6.45) is 3.80. The number of methoxy groups -OCH3 is 3. The van der Waals surface area contributed by atoms with Crippen LogP contribution in [-0.4, -0.2) is 49.7 Å². The Labute approximate surface area is 254 Å². The van der Waals surface area contributed by atoms with Crippen molar-refractivity contribution in [3.05, 3.63) is 125 Å². The van der Waals surface area contributed by atoms with Crippen LogP contribution in [0.25, 0.3) is 6.08 Å². The van der Waals surface area contributed by atoms with Crippen molar-refractivity contribution in [3.63, 3.8) is 0 Å². The number of amides is 1. The van der Waals surface area contributed by atoms with Gasteiger partial charge in [-0.2, -0.15) is 0 Å². The number of hydrogen-bond donors (Lipinski definition) is 1. The second kappa shape index (κ2) is 10.4. The Bertz CT molecular complexity index is 1830. The first-order valence-electron chi connectivity index (χ1n) is 14.3. The van der Waals surface area contributed by atoms with Gasteiger partial charge in [0.1, 0.15) is 11.5 Å². The van der Waals surface area contributed by atoms with Crippen LogP contribution >= 0.6 is 0 Å². The first kappa shape index (κ1) is 27.5. The van der Waals surface area contributed by atoms with E-state index >= 15 is 4.79 Å². The van der Waals surface area contributed by atoms with E-state index in [1.54, 1.807) is 36.4 Å². The molecule has 0 saturated carbocycles. The van der Waals surface area contributed by atoms with E-state index < -0.39 is 23.4 Å². The average molecular weight is 587 g/mol. The summed E-state index contributed by atoms with van der Waals surface area (Å²) < 4.78 is 16.7. The van der Waals surface area contributed by atoms with Crippen molar-refractivity contribution in [2.24, 2.45) is 5.92 Å². The molecule has 3 aliphatic rings. The summed E-state index contributed by atoms with van der Waals surface area (Å²) in [6.45, 7) is 0. The molecule has 1 N–H and O–H groups in total. The van der Waals surface area contributed by atoms with Crippen molar-refractivity contribution in [1.82, 2.24) is 4.90 Å². The number of anilines is 1. The summed E-state index contributed by atoms with van der Waals surface area (Å²) in [5.74, 6) is -1.15. The zero-order valence-electron chi connectivity index (χ0n) is 24.4. The Morgan fingerprint density at radius 3 is 2.14 bits per heavy atom. The summed E-state index contributed by atoms with van der Waals surface area (Å²) in [7, 11) is 4.45. The fourth-order valence-electron chi connectivity index (χ4n) is 7.34. The highest BCUT2D eigenvalue weighted by molar-refractivity contribution is 6.17. The topological polar surface area (TPSA) is 94.2 Å². The van der Waals surface area contributed by atoms with E-state index in [9.17, 15) is 9.59 Å². The second-order valence-corrected chi connectivity index (χ2v) is 11.1. The van der Waals surface area contributed by atoms with Crippen LogP contribution in [0.15, 0.2) is 97.2 Å². The van der Waals surface area contributed by atoms with Crippen molar-refractivity contribution < 1.29 is 28.6 Å². The number of ether oxygens (including phenoxy) is 3. The van der Waals surface area contributed by atoms with Gasteiger partial charge < -0.3 is 24.4 Å². The van der Waals surface area contributed by atoms with E-state index in [0.717, 1.165) is 11.1 Å². The Morgan fingerprint density at radius 1 is 0.773 bits per heavy atom. The fourth-order valence-corrected chi connectivity index (χ4v) is 7.34. The first-order valence-corrected chi connectivity index (χ1v) is 14.3. The van der Waals surface area contributed by atoms with Crippen molar-refractivity contribution in [2.75, 3.05) is 26.6 Å². The van der Waals surface area contributed by atoms with Crippen LogP contribution in [0.4, 0.5) is 5.69 Å². The zero-order valence-corrected chi connectivity index (χ0v) is 24.4. The van der Waals surface area contributed by atoms with Crippen LogP contribution in [0.3, 0.4) is 0 Å². The maximum Gasteiger partial charge on any atom is 0.238 e. The number of benzene rings is 4. The molecule has 1 fully saturated rings. The molecule has 0 bridgehead atoms. The lowest BCUT2D eigenvalue weighted by molar-refractivity contribution is -0.122. The molecule has 4 atom stereocenters. The van der Waals surface area contributed by atoms with E-state index in [-0.39, 0.29) is 23.0 Å². The monoisotopic (exact) mass is 586 g/mol. The molecule has 4 aromatic rings. The maximum absolute atomic E-state index is 15.2. The molecule has 4 aromatic carbocycles. The van der Waals surface area contributed by atoms with Crippen LogP contribution < -0.4 is 19.5 Å². The number of nitrogens with one attached hydrogen (secondary N) is 1. The quantitative estimate of drug-likeness (QED) is 0.278. The molecule has 1 amide bonds. The number of hydrogen-bond acceptors (Lipinski definition) is 7. The lowest BCUT2D eigenvalue weighted by atomic mass is 9.62. The number of para-hydroxylation sites is 1. The van der Waals surface area contributed by atoms with Gasteiger partial charge in [-0.05, 0) is 41.0 Å². The van der Waals surface area contributed by atoms with Gasteiger partial charge in [0.2, 0.25) is 11.7 Å². The van der Waals surface area contributed by atoms with Crippen molar-refractivity contribution in [2.45, 2.75) is 17.5 Å². The number of fused-ring (bicyclic) bond motifs is 6. The molecule has 0 radical (unpaired) electrons. The SMILES string of the molecule is COc1cc(C(=O)[C@@H]2[C@H](C(=O)c3ccccc3)N3C=Cc4ccccc4[C@@H]3[C@@]23C(=O)Nc2ccccc23)cc(OC)c1OC. The Morgan fingerprint density at radius 2 is 1.43 bits per heavy atom. The Kier molecular flexibility index (Phi) is 6.50. The summed E-state index contributed by atoms with van der Waals surface area (Å²) >= 11 is 0. The first-order chi connectivity index (χ1) is 21.4. The maximum atomic E-state index is 15.2. The smallest absolute Gasteiger partial charge is 0.238 e. The lowest BCUT2D eigenvalue weighted by Gasteiger charge is -2.38. The fraction of sp³-hybridized carbons (Fsp3) is 0.194. The van der Waals surface area contributed by atoms with E-state index in [1.807, 2.05) is 71.8 Å². The number of ketones is 2. The number of nitrogens with zero attached hydrogens (tertiary/aromatic N) is 1. The van der Waals surface area contributed by atoms with Crippen LogP contribution in [0.5, 0.6) is 17.2 Å². The van der Waals surface area contributed by atoms with Gasteiger partial charge in [-0.25, -0.2) is 0 Å². The molecule has 8 heteroatoms. The number of rotatable bonds is 7. The van der Waals surface area contributed by atoms with E-state index in [0.29, 0.717) is 34.1 Å². The molecule has 3 heterocycles. The van der Waals surface area contributed by atoms with Gasteiger partial charge in [-0.3, -0.25) is 14.4 Å². The highest BCUT2D eigenvalue weighted by Crippen LogP contribution is 2.62. The third-order valence-corrected chi connectivity index (χ3v) is 9.13. The molecule has 1 spiro atoms. The number of Topliss-reactive ketones (excluding diaryl/α,β-unsaturated/α-hetero) is 2. The number of carbonyl (C=O) groups excluding carboxylic acids is 3. The second-order valence-electron chi connectivity index (χ2n) is 11.1. The third kappa shape index (κ3) is 3.73. The highest BCUT2D eigenvalue weighted by atomic mass is 16.5. The van der Waals surface area contributed by atoms with Gasteiger partial charge in [0.15, 0.2) is 23.1 Å². The normalized spacial score (nSPS) is 22.6.